The van der Waals surface area contributed by atoms with Gasteiger partial charge in [0, 0.05) is 29.4 Å². The van der Waals surface area contributed by atoms with Crippen LogP contribution in [0.3, 0.4) is 0 Å². The number of rotatable bonds is 6. The molecular weight excluding hydrogens is 418 g/mol. The molecule has 1 saturated carbocycles. The number of nitrogens with zero attached hydrogens (tertiary/aromatic N) is 3. The van der Waals surface area contributed by atoms with Crippen LogP contribution in [-0.4, -0.2) is 38.9 Å². The fraction of sp³-hybridized carbons (Fsp3) is 0.500. The van der Waals surface area contributed by atoms with Gasteiger partial charge < -0.3 is 5.11 Å². The minimum atomic E-state index is -0.748. The van der Waals surface area contributed by atoms with E-state index in [1.165, 1.54) is 47.3 Å². The van der Waals surface area contributed by atoms with Gasteiger partial charge in [0.2, 0.25) is 0 Å². The lowest BCUT2D eigenvalue weighted by Gasteiger charge is -2.50. The summed E-state index contributed by atoms with van der Waals surface area (Å²) in [6.45, 7) is 3.02. The van der Waals surface area contributed by atoms with Crippen LogP contribution in [0.4, 0.5) is 0 Å². The number of aliphatic carboxylic acids is 1. The maximum absolute atomic E-state index is 10.8. The van der Waals surface area contributed by atoms with Crippen LogP contribution < -0.4 is 0 Å². The Morgan fingerprint density at radius 3 is 2.88 bits per heavy atom. The van der Waals surface area contributed by atoms with Crippen molar-refractivity contribution in [1.29, 1.82) is 0 Å². The van der Waals surface area contributed by atoms with Gasteiger partial charge in [0.1, 0.15) is 6.33 Å². The van der Waals surface area contributed by atoms with Crippen molar-refractivity contribution in [1.82, 2.24) is 14.3 Å². The Bertz CT molecular complexity index is 1040. The molecular formula is C26H31N3O2S. The van der Waals surface area contributed by atoms with Crippen LogP contribution in [0.5, 0.6) is 0 Å². The monoisotopic (exact) mass is 449 g/mol. The van der Waals surface area contributed by atoms with Gasteiger partial charge in [-0.05, 0) is 103 Å². The first-order valence-electron chi connectivity index (χ1n) is 11.7. The van der Waals surface area contributed by atoms with E-state index in [1.54, 1.807) is 23.8 Å². The maximum Gasteiger partial charge on any atom is 0.304 e. The van der Waals surface area contributed by atoms with Gasteiger partial charge in [0.25, 0.3) is 0 Å². The molecule has 5 rings (SSSR count). The van der Waals surface area contributed by atoms with Crippen molar-refractivity contribution in [3.63, 3.8) is 0 Å². The third-order valence-electron chi connectivity index (χ3n) is 8.05. The number of hydrogen-bond donors (Lipinski definition) is 1. The largest absolute Gasteiger partial charge is 0.481 e. The summed E-state index contributed by atoms with van der Waals surface area (Å²) < 4.78 is 2.02. The number of carboxylic acids is 1. The molecule has 0 aliphatic heterocycles. The highest BCUT2D eigenvalue weighted by atomic mass is 32.2. The van der Waals surface area contributed by atoms with E-state index in [0.717, 1.165) is 12.3 Å². The zero-order chi connectivity index (χ0) is 22.3. The SMILES string of the molecule is CN(CCC(=O)O)Sc1ccc2c(c1)CCC1C2CCC2(C)C(c3cncnc3)=CCC12. The average molecular weight is 450 g/mol. The molecule has 1 aromatic carbocycles. The molecule has 1 fully saturated rings. The molecule has 0 radical (unpaired) electrons. The summed E-state index contributed by atoms with van der Waals surface area (Å²) in [4.78, 5) is 20.6. The van der Waals surface area contributed by atoms with Crippen molar-refractivity contribution in [3.8, 4) is 0 Å². The van der Waals surface area contributed by atoms with E-state index in [1.807, 2.05) is 23.7 Å². The highest BCUT2D eigenvalue weighted by Crippen LogP contribution is 2.63. The van der Waals surface area contributed by atoms with E-state index in [-0.39, 0.29) is 11.8 Å². The molecule has 0 spiro atoms. The predicted molar refractivity (Wildman–Crippen MR) is 127 cm³/mol. The topological polar surface area (TPSA) is 66.3 Å². The summed E-state index contributed by atoms with van der Waals surface area (Å²) in [6.07, 6.45) is 14.2. The van der Waals surface area contributed by atoms with Crippen molar-refractivity contribution in [3.05, 3.63) is 59.7 Å². The van der Waals surface area contributed by atoms with Crippen LogP contribution in [0.15, 0.2) is 47.9 Å². The van der Waals surface area contributed by atoms with E-state index < -0.39 is 5.97 Å². The molecule has 4 atom stereocenters. The Labute approximate surface area is 194 Å². The minimum Gasteiger partial charge on any atom is -0.481 e. The summed E-state index contributed by atoms with van der Waals surface area (Å²) in [6, 6.07) is 6.94. The fourth-order valence-corrected chi connectivity index (χ4v) is 7.41. The Kier molecular flexibility index (Phi) is 5.84. The fourth-order valence-electron chi connectivity index (χ4n) is 6.55. The van der Waals surface area contributed by atoms with Crippen LogP contribution in [0.25, 0.3) is 5.57 Å². The number of allylic oxidation sites excluding steroid dienone is 2. The summed E-state index contributed by atoms with van der Waals surface area (Å²) in [5.41, 5.74) is 5.93. The lowest BCUT2D eigenvalue weighted by molar-refractivity contribution is -0.137. The molecule has 1 heterocycles. The molecule has 4 unspecified atom stereocenters. The number of aryl methyl sites for hydroxylation is 1. The third-order valence-corrected chi connectivity index (χ3v) is 9.01. The Balaban J connectivity index is 1.32. The minimum absolute atomic E-state index is 0.170. The summed E-state index contributed by atoms with van der Waals surface area (Å²) in [5.74, 6) is 1.33. The molecule has 32 heavy (non-hydrogen) atoms. The van der Waals surface area contributed by atoms with E-state index in [9.17, 15) is 4.79 Å². The van der Waals surface area contributed by atoms with E-state index in [2.05, 4.69) is 41.2 Å². The van der Waals surface area contributed by atoms with E-state index in [0.29, 0.717) is 18.4 Å². The van der Waals surface area contributed by atoms with Gasteiger partial charge in [0.05, 0.1) is 6.42 Å². The Morgan fingerprint density at radius 2 is 2.09 bits per heavy atom. The standard InChI is InChI=1S/C26H31N3O2S/c1-26-11-9-21-20-6-4-19(32-29(2)12-10-25(30)31)13-17(20)3-5-22(21)24(26)8-7-23(26)18-14-27-16-28-15-18/h4,6-7,13-16,21-22,24H,3,5,8-12H2,1-2H3,(H,30,31). The number of hydrogen-bond acceptors (Lipinski definition) is 5. The first kappa shape index (κ1) is 21.7. The molecule has 0 saturated heterocycles. The average Bonchev–Trinajstić information content (AvgIpc) is 3.15. The number of aromatic nitrogens is 2. The zero-order valence-corrected chi connectivity index (χ0v) is 19.6. The lowest BCUT2D eigenvalue weighted by Crippen LogP contribution is -2.40. The van der Waals surface area contributed by atoms with Gasteiger partial charge in [-0.1, -0.05) is 19.1 Å². The molecule has 0 bridgehead atoms. The van der Waals surface area contributed by atoms with Gasteiger partial charge >= 0.3 is 5.97 Å². The molecule has 1 aromatic heterocycles. The van der Waals surface area contributed by atoms with Crippen molar-refractivity contribution in [2.45, 2.75) is 56.3 Å². The van der Waals surface area contributed by atoms with Crippen LogP contribution in [0, 0.1) is 17.3 Å². The molecule has 3 aliphatic rings. The van der Waals surface area contributed by atoms with Crippen molar-refractivity contribution in [2.24, 2.45) is 17.3 Å². The quantitative estimate of drug-likeness (QED) is 0.593. The molecule has 3 aliphatic carbocycles. The highest BCUT2D eigenvalue weighted by Gasteiger charge is 2.51. The zero-order valence-electron chi connectivity index (χ0n) is 18.8. The smallest absolute Gasteiger partial charge is 0.304 e. The van der Waals surface area contributed by atoms with E-state index in [4.69, 9.17) is 5.11 Å². The highest BCUT2D eigenvalue weighted by molar-refractivity contribution is 7.97. The van der Waals surface area contributed by atoms with Crippen molar-refractivity contribution >= 4 is 23.5 Å². The van der Waals surface area contributed by atoms with Gasteiger partial charge in [0.15, 0.2) is 0 Å². The van der Waals surface area contributed by atoms with Gasteiger partial charge in [-0.2, -0.15) is 0 Å². The predicted octanol–water partition coefficient (Wildman–Crippen LogP) is 5.44. The maximum atomic E-state index is 10.8. The second-order valence-electron chi connectivity index (χ2n) is 9.80. The molecule has 6 heteroatoms. The molecule has 0 amide bonds. The molecule has 168 valence electrons. The molecule has 1 N–H and O–H groups in total. The molecule has 2 aromatic rings. The molecule has 5 nitrogen and oxygen atoms in total. The second-order valence-corrected chi connectivity index (χ2v) is 11.1. The van der Waals surface area contributed by atoms with Gasteiger partial charge in [-0.25, -0.2) is 14.3 Å². The second kappa shape index (κ2) is 8.64. The summed E-state index contributed by atoms with van der Waals surface area (Å²) >= 11 is 1.65. The first-order valence-corrected chi connectivity index (χ1v) is 12.4. The Morgan fingerprint density at radius 1 is 1.28 bits per heavy atom. The number of carbonyl (C=O) groups is 1. The summed E-state index contributed by atoms with van der Waals surface area (Å²) in [5, 5.41) is 8.91. The van der Waals surface area contributed by atoms with Crippen LogP contribution in [-0.2, 0) is 11.2 Å². The van der Waals surface area contributed by atoms with Gasteiger partial charge in [-0.15, -0.1) is 0 Å². The summed E-state index contributed by atoms with van der Waals surface area (Å²) in [7, 11) is 1.97. The first-order chi connectivity index (χ1) is 15.5. The third kappa shape index (κ3) is 3.88. The number of fused-ring (bicyclic) bond motifs is 5. The number of benzene rings is 1. The van der Waals surface area contributed by atoms with Crippen LogP contribution in [0.1, 0.15) is 61.6 Å². The van der Waals surface area contributed by atoms with Crippen molar-refractivity contribution in [2.75, 3.05) is 13.6 Å². The van der Waals surface area contributed by atoms with Gasteiger partial charge in [-0.3, -0.25) is 4.79 Å². The van der Waals surface area contributed by atoms with Crippen LogP contribution in [0.2, 0.25) is 0 Å². The van der Waals surface area contributed by atoms with Crippen LogP contribution >= 0.6 is 11.9 Å². The lowest BCUT2D eigenvalue weighted by atomic mass is 9.54. The Hall–Kier alpha value is -2.18. The normalized spacial score (nSPS) is 28.6. The van der Waals surface area contributed by atoms with E-state index >= 15 is 0 Å². The van der Waals surface area contributed by atoms with Crippen molar-refractivity contribution < 1.29 is 9.90 Å². The number of carboxylic acid groups (broad SMARTS) is 1.